The summed E-state index contributed by atoms with van der Waals surface area (Å²) in [6.07, 6.45) is 0. The van der Waals surface area contributed by atoms with E-state index in [-0.39, 0.29) is 5.41 Å². The lowest BCUT2D eigenvalue weighted by molar-refractivity contribution is 0.591. The largest absolute Gasteiger partial charge is 0.0616 e. The summed E-state index contributed by atoms with van der Waals surface area (Å²) in [6, 6.07) is 144. The highest BCUT2D eigenvalue weighted by molar-refractivity contribution is 6.27. The Balaban J connectivity index is 0.000000109. The molecule has 0 N–H and O–H groups in total. The maximum absolute atomic E-state index is 2.44. The first-order valence-corrected chi connectivity index (χ1v) is 37.0. The fourth-order valence-electron chi connectivity index (χ4n) is 17.0. The topological polar surface area (TPSA) is 0 Å². The molecule has 0 saturated carbocycles. The van der Waals surface area contributed by atoms with E-state index in [1.807, 2.05) is 0 Å². The van der Waals surface area contributed by atoms with Crippen LogP contribution in [-0.4, -0.2) is 0 Å². The molecule has 0 nitrogen and oxygen atoms in total. The molecule has 0 fully saturated rings. The van der Waals surface area contributed by atoms with E-state index in [9.17, 15) is 0 Å². The van der Waals surface area contributed by atoms with Gasteiger partial charge in [-0.3, -0.25) is 0 Å². The highest BCUT2D eigenvalue weighted by Crippen LogP contribution is 2.50. The van der Waals surface area contributed by atoms with Gasteiger partial charge in [0.05, 0.1) is 0 Å². The summed E-state index contributed by atoms with van der Waals surface area (Å²) in [6.45, 7) is 6.90. The van der Waals surface area contributed by atoms with Gasteiger partial charge in [-0.1, -0.05) is 385 Å². The Kier molecular flexibility index (Phi) is 15.9. The van der Waals surface area contributed by atoms with Crippen molar-refractivity contribution in [2.24, 2.45) is 0 Å². The second-order valence-electron chi connectivity index (χ2n) is 29.3. The molecular formula is C106H74. The molecule has 0 aliphatic heterocycles. The zero-order chi connectivity index (χ0) is 70.8. The standard InChI is InChI=1S/C38H30.2C34H22/c1-38(2,3)31-20-21-34-35(24-31)37(30-19-17-26-11-5-7-13-28(26)23-30)33-15-9-8-14-32(33)36(34)29-18-16-25-10-4-6-12-27(25)22-29;1-3-15-25-23(11-1)13-9-21-27(25)33-29-17-5-7-19-31(29)34(32-20-8-6-18-30(32)33)28-22-10-14-24-12-2-4-16-26(24)28;1-3-11-25-21-27(19-17-23(25)9-1)33-29-13-5-7-15-31(29)34(32-16-8-6-14-30(32)33)28-20-18-24-10-2-4-12-26(24)22-28/h4-24H,1-3H3;2*1-22H. The molecule has 0 unspecified atom stereocenters. The van der Waals surface area contributed by atoms with Gasteiger partial charge >= 0.3 is 0 Å². The Bertz CT molecular complexity index is 6660. The fraction of sp³-hybridized carbons (Fsp3) is 0.0377. The lowest BCUT2D eigenvalue weighted by Crippen LogP contribution is -2.10. The highest BCUT2D eigenvalue weighted by Gasteiger charge is 2.24. The molecule has 0 amide bonds. The molecule has 0 heterocycles. The molecule has 0 spiro atoms. The Hall–Kier alpha value is -13.3. The first-order valence-electron chi connectivity index (χ1n) is 37.0. The van der Waals surface area contributed by atoms with Crippen molar-refractivity contribution in [1.29, 1.82) is 0 Å². The molecule has 0 atom stereocenters. The minimum atomic E-state index is 0.0591. The molecule has 21 rings (SSSR count). The van der Waals surface area contributed by atoms with E-state index in [0.29, 0.717) is 0 Å². The third kappa shape index (κ3) is 11.3. The Morgan fingerprint density at radius 1 is 0.142 bits per heavy atom. The van der Waals surface area contributed by atoms with Gasteiger partial charge in [0.1, 0.15) is 0 Å². The predicted octanol–water partition coefficient (Wildman–Crippen LogP) is 30.2. The quantitative estimate of drug-likeness (QED) is 0.146. The SMILES string of the molecule is CC(C)(C)c1ccc2c(-c3ccc4ccccc4c3)c3ccccc3c(-c3ccc4ccccc4c3)c2c1.c1ccc2c(-c3c4ccccc4c(-c4cccc5ccccc45)c4ccccc34)cccc2c1.c1ccc2cc(-c3c4ccccc4c(-c4ccc5ccccc5c4)c4ccccc34)ccc2c1. The van der Waals surface area contributed by atoms with Crippen molar-refractivity contribution in [3.63, 3.8) is 0 Å². The van der Waals surface area contributed by atoms with Crippen LogP contribution in [0.4, 0.5) is 0 Å². The summed E-state index contributed by atoms with van der Waals surface area (Å²) in [7, 11) is 0. The summed E-state index contributed by atoms with van der Waals surface area (Å²) >= 11 is 0. The summed E-state index contributed by atoms with van der Waals surface area (Å²) in [5.41, 5.74) is 16.9. The highest BCUT2D eigenvalue weighted by atomic mass is 14.3. The number of fused-ring (bicyclic) bond motifs is 12. The van der Waals surface area contributed by atoms with Crippen LogP contribution in [0.1, 0.15) is 26.3 Å². The van der Waals surface area contributed by atoms with Gasteiger partial charge in [-0.15, -0.1) is 0 Å². The third-order valence-electron chi connectivity index (χ3n) is 22.0. The van der Waals surface area contributed by atoms with Crippen LogP contribution in [-0.2, 0) is 5.41 Å². The molecular weight excluding hydrogens is 1270 g/mol. The average molecular weight is 1350 g/mol. The van der Waals surface area contributed by atoms with E-state index in [1.54, 1.807) is 0 Å². The smallest absolute Gasteiger partial charge is 0.00201 e. The normalized spacial score (nSPS) is 11.7. The van der Waals surface area contributed by atoms with Crippen LogP contribution >= 0.6 is 0 Å². The summed E-state index contributed by atoms with van der Waals surface area (Å²) in [5, 5.41) is 30.8. The molecule has 0 aliphatic rings. The summed E-state index contributed by atoms with van der Waals surface area (Å²) in [4.78, 5) is 0. The summed E-state index contributed by atoms with van der Waals surface area (Å²) < 4.78 is 0. The van der Waals surface area contributed by atoms with E-state index in [1.165, 1.54) is 202 Å². The first-order chi connectivity index (χ1) is 52.2. The number of benzene rings is 21. The zero-order valence-electron chi connectivity index (χ0n) is 59.5. The van der Waals surface area contributed by atoms with Crippen LogP contribution in [0.25, 0.3) is 196 Å². The van der Waals surface area contributed by atoms with E-state index in [0.717, 1.165) is 0 Å². The van der Waals surface area contributed by atoms with Gasteiger partial charge in [0.15, 0.2) is 0 Å². The Morgan fingerprint density at radius 3 is 0.642 bits per heavy atom. The van der Waals surface area contributed by atoms with Crippen molar-refractivity contribution in [1.82, 2.24) is 0 Å². The van der Waals surface area contributed by atoms with Crippen molar-refractivity contribution in [3.8, 4) is 66.8 Å². The minimum Gasteiger partial charge on any atom is -0.0616 e. The van der Waals surface area contributed by atoms with Gasteiger partial charge < -0.3 is 0 Å². The Labute approximate surface area is 618 Å². The average Bonchev–Trinajstić information content (AvgIpc) is 0.837. The maximum atomic E-state index is 2.44. The van der Waals surface area contributed by atoms with E-state index in [2.05, 4.69) is 415 Å². The van der Waals surface area contributed by atoms with Crippen LogP contribution in [0.15, 0.2) is 394 Å². The molecule has 0 saturated heterocycles. The van der Waals surface area contributed by atoms with Gasteiger partial charge in [-0.05, 0) is 237 Å². The van der Waals surface area contributed by atoms with Crippen molar-refractivity contribution >= 4 is 129 Å². The van der Waals surface area contributed by atoms with Crippen molar-refractivity contribution in [3.05, 3.63) is 400 Å². The van der Waals surface area contributed by atoms with Crippen LogP contribution in [0, 0.1) is 0 Å². The van der Waals surface area contributed by atoms with E-state index >= 15 is 0 Å². The molecule has 21 aromatic rings. The van der Waals surface area contributed by atoms with Crippen LogP contribution in [0.2, 0.25) is 0 Å². The lowest BCUT2D eigenvalue weighted by atomic mass is 9.81. The van der Waals surface area contributed by atoms with Gasteiger partial charge in [0.2, 0.25) is 0 Å². The van der Waals surface area contributed by atoms with E-state index < -0.39 is 0 Å². The molecule has 0 radical (unpaired) electrons. The third-order valence-corrected chi connectivity index (χ3v) is 22.0. The fourth-order valence-corrected chi connectivity index (χ4v) is 17.0. The molecule has 0 heteroatoms. The van der Waals surface area contributed by atoms with Crippen LogP contribution < -0.4 is 0 Å². The minimum absolute atomic E-state index is 0.0591. The van der Waals surface area contributed by atoms with Crippen molar-refractivity contribution < 1.29 is 0 Å². The van der Waals surface area contributed by atoms with Gasteiger partial charge in [0, 0.05) is 0 Å². The van der Waals surface area contributed by atoms with Crippen molar-refractivity contribution in [2.45, 2.75) is 26.2 Å². The van der Waals surface area contributed by atoms with Crippen LogP contribution in [0.5, 0.6) is 0 Å². The molecule has 498 valence electrons. The number of hydrogen-bond acceptors (Lipinski definition) is 0. The Morgan fingerprint density at radius 2 is 0.358 bits per heavy atom. The van der Waals surface area contributed by atoms with E-state index in [4.69, 9.17) is 0 Å². The number of rotatable bonds is 6. The van der Waals surface area contributed by atoms with Gasteiger partial charge in [0.25, 0.3) is 0 Å². The molecule has 0 aromatic heterocycles. The summed E-state index contributed by atoms with van der Waals surface area (Å²) in [5.74, 6) is 0. The molecule has 0 bridgehead atoms. The molecule has 106 heavy (non-hydrogen) atoms. The van der Waals surface area contributed by atoms with Gasteiger partial charge in [-0.2, -0.15) is 0 Å². The molecule has 0 aliphatic carbocycles. The van der Waals surface area contributed by atoms with Gasteiger partial charge in [-0.25, -0.2) is 0 Å². The second kappa shape index (κ2) is 26.5. The lowest BCUT2D eigenvalue weighted by Gasteiger charge is -2.23. The maximum Gasteiger partial charge on any atom is -0.00201 e. The molecule has 21 aromatic carbocycles. The first kappa shape index (κ1) is 63.6. The number of hydrogen-bond donors (Lipinski definition) is 0. The second-order valence-corrected chi connectivity index (χ2v) is 29.3. The zero-order valence-corrected chi connectivity index (χ0v) is 59.5. The van der Waals surface area contributed by atoms with Crippen LogP contribution in [0.3, 0.4) is 0 Å². The monoisotopic (exact) mass is 1350 g/mol. The predicted molar refractivity (Wildman–Crippen MR) is 461 cm³/mol. The van der Waals surface area contributed by atoms with Crippen molar-refractivity contribution in [2.75, 3.05) is 0 Å².